The van der Waals surface area contributed by atoms with Crippen molar-refractivity contribution >= 4 is 22.5 Å². The normalized spacial score (nSPS) is 23.1. The van der Waals surface area contributed by atoms with Gasteiger partial charge in [0.15, 0.2) is 5.75 Å². The Balaban J connectivity index is 1.93. The number of phenolic OH excluding ortho intramolecular Hbond substituents is 1. The number of pyridine rings is 1. The molecule has 1 aromatic carbocycles. The second-order valence-electron chi connectivity index (χ2n) is 5.87. The van der Waals surface area contributed by atoms with Gasteiger partial charge in [0.1, 0.15) is 12.1 Å². The van der Waals surface area contributed by atoms with Gasteiger partial charge in [0.2, 0.25) is 0 Å². The summed E-state index contributed by atoms with van der Waals surface area (Å²) < 4.78 is 0. The molecule has 0 aliphatic carbocycles. The maximum absolute atomic E-state index is 10.0. The van der Waals surface area contributed by atoms with Crippen LogP contribution in [0.4, 0.5) is 0 Å². The van der Waals surface area contributed by atoms with Crippen molar-refractivity contribution in [1.29, 1.82) is 0 Å². The number of rotatable bonds is 2. The molecular weight excluding hydrogens is 272 g/mol. The van der Waals surface area contributed by atoms with E-state index in [1.807, 2.05) is 18.2 Å². The molecule has 3 nitrogen and oxygen atoms in total. The van der Waals surface area contributed by atoms with E-state index in [1.165, 1.54) is 31.5 Å². The van der Waals surface area contributed by atoms with Crippen LogP contribution < -0.4 is 4.90 Å². The first-order valence-electron chi connectivity index (χ1n) is 7.24. The molecule has 106 valence electrons. The topological polar surface area (TPSA) is 37.6 Å². The molecule has 0 amide bonds. The van der Waals surface area contributed by atoms with Crippen LogP contribution in [0.5, 0.6) is 5.75 Å². The third-order valence-corrected chi connectivity index (χ3v) is 4.62. The van der Waals surface area contributed by atoms with E-state index in [2.05, 4.69) is 11.9 Å². The molecule has 20 heavy (non-hydrogen) atoms. The zero-order valence-electron chi connectivity index (χ0n) is 11.7. The van der Waals surface area contributed by atoms with Gasteiger partial charge in [0, 0.05) is 17.1 Å². The minimum atomic E-state index is 0.0910. The van der Waals surface area contributed by atoms with Gasteiger partial charge in [-0.3, -0.25) is 4.98 Å². The highest BCUT2D eigenvalue weighted by Gasteiger charge is 2.21. The van der Waals surface area contributed by atoms with Crippen LogP contribution in [-0.2, 0) is 6.54 Å². The first-order valence-corrected chi connectivity index (χ1v) is 7.61. The number of hydrogen-bond acceptors (Lipinski definition) is 2. The number of phenols is 1. The lowest BCUT2D eigenvalue weighted by molar-refractivity contribution is -0.919. The number of nitrogens with one attached hydrogen (secondary N) is 1. The van der Waals surface area contributed by atoms with Crippen LogP contribution in [0.3, 0.4) is 0 Å². The number of fused-ring (bicyclic) bond motifs is 1. The fourth-order valence-corrected chi connectivity index (χ4v) is 3.25. The fourth-order valence-electron chi connectivity index (χ4n) is 3.03. The lowest BCUT2D eigenvalue weighted by atomic mass is 9.98. The Labute approximate surface area is 124 Å². The molecule has 1 aliphatic heterocycles. The third-order valence-electron chi connectivity index (χ3n) is 4.33. The van der Waals surface area contributed by atoms with Crippen molar-refractivity contribution in [2.75, 3.05) is 13.1 Å². The van der Waals surface area contributed by atoms with E-state index in [1.54, 1.807) is 11.1 Å². The van der Waals surface area contributed by atoms with Crippen LogP contribution in [0.1, 0.15) is 25.3 Å². The molecule has 0 atom stereocenters. The summed E-state index contributed by atoms with van der Waals surface area (Å²) in [6.45, 7) is 5.70. The van der Waals surface area contributed by atoms with E-state index in [0.717, 1.165) is 17.8 Å². The second kappa shape index (κ2) is 5.58. The van der Waals surface area contributed by atoms with Crippen molar-refractivity contribution < 1.29 is 10.0 Å². The Kier molecular flexibility index (Phi) is 3.81. The highest BCUT2D eigenvalue weighted by atomic mass is 35.5. The quantitative estimate of drug-likeness (QED) is 0.892. The summed E-state index contributed by atoms with van der Waals surface area (Å²) in [6.07, 6.45) is 4.27. The van der Waals surface area contributed by atoms with Crippen molar-refractivity contribution in [3.05, 3.63) is 35.0 Å². The molecule has 1 aromatic heterocycles. The summed E-state index contributed by atoms with van der Waals surface area (Å²) >= 11 is 6.13. The molecule has 4 heteroatoms. The predicted molar refractivity (Wildman–Crippen MR) is 81.2 cm³/mol. The van der Waals surface area contributed by atoms with Crippen LogP contribution in [0, 0.1) is 5.92 Å². The molecule has 0 radical (unpaired) electrons. The van der Waals surface area contributed by atoms with Gasteiger partial charge < -0.3 is 10.0 Å². The molecule has 0 bridgehead atoms. The highest BCUT2D eigenvalue weighted by molar-refractivity contribution is 6.33. The highest BCUT2D eigenvalue weighted by Crippen LogP contribution is 2.33. The van der Waals surface area contributed by atoms with Gasteiger partial charge in [-0.15, -0.1) is 0 Å². The SMILES string of the molecule is CC1CC[NH+](Cc2cc(Cl)c(O)c3ncccc23)CC1. The molecule has 1 fully saturated rings. The number of piperidine rings is 1. The zero-order valence-corrected chi connectivity index (χ0v) is 12.5. The molecule has 2 N–H and O–H groups in total. The monoisotopic (exact) mass is 291 g/mol. The zero-order chi connectivity index (χ0) is 14.1. The van der Waals surface area contributed by atoms with Crippen molar-refractivity contribution in [3.63, 3.8) is 0 Å². The van der Waals surface area contributed by atoms with Crippen LogP contribution in [0.15, 0.2) is 24.4 Å². The number of aromatic hydroxyl groups is 1. The van der Waals surface area contributed by atoms with E-state index >= 15 is 0 Å². The molecule has 1 aliphatic rings. The molecule has 0 spiro atoms. The van der Waals surface area contributed by atoms with Crippen LogP contribution in [0.2, 0.25) is 5.02 Å². The lowest BCUT2D eigenvalue weighted by Gasteiger charge is -2.27. The molecule has 2 aromatic rings. The second-order valence-corrected chi connectivity index (χ2v) is 6.28. The van der Waals surface area contributed by atoms with E-state index in [0.29, 0.717) is 10.5 Å². The molecular formula is C16H20ClN2O+. The van der Waals surface area contributed by atoms with Gasteiger partial charge in [0.25, 0.3) is 0 Å². The largest absolute Gasteiger partial charge is 0.504 e. The van der Waals surface area contributed by atoms with E-state index in [9.17, 15) is 5.11 Å². The molecule has 2 heterocycles. The fraction of sp³-hybridized carbons (Fsp3) is 0.438. The molecule has 0 unspecified atom stereocenters. The Hall–Kier alpha value is -1.32. The Morgan fingerprint density at radius 2 is 2.15 bits per heavy atom. The lowest BCUT2D eigenvalue weighted by Crippen LogP contribution is -3.11. The average Bonchev–Trinajstić information content (AvgIpc) is 2.47. The summed E-state index contributed by atoms with van der Waals surface area (Å²) in [4.78, 5) is 5.86. The maximum Gasteiger partial charge on any atom is 0.160 e. The number of aromatic nitrogens is 1. The molecule has 3 rings (SSSR count). The summed E-state index contributed by atoms with van der Waals surface area (Å²) in [5, 5.41) is 11.4. The molecule has 1 saturated heterocycles. The van der Waals surface area contributed by atoms with Crippen molar-refractivity contribution in [1.82, 2.24) is 4.98 Å². The Morgan fingerprint density at radius 1 is 1.40 bits per heavy atom. The van der Waals surface area contributed by atoms with Crippen molar-refractivity contribution in [3.8, 4) is 5.75 Å². The summed E-state index contributed by atoms with van der Waals surface area (Å²) in [6, 6.07) is 5.82. The van der Waals surface area contributed by atoms with Gasteiger partial charge in [-0.05, 0) is 30.9 Å². The van der Waals surface area contributed by atoms with Crippen molar-refractivity contribution in [2.45, 2.75) is 26.3 Å². The first kappa shape index (κ1) is 13.7. The van der Waals surface area contributed by atoms with Crippen LogP contribution >= 0.6 is 11.6 Å². The smallest absolute Gasteiger partial charge is 0.160 e. The summed E-state index contributed by atoms with van der Waals surface area (Å²) in [7, 11) is 0. The van der Waals surface area contributed by atoms with Gasteiger partial charge in [-0.25, -0.2) is 0 Å². The summed E-state index contributed by atoms with van der Waals surface area (Å²) in [5.41, 5.74) is 1.79. The number of nitrogens with zero attached hydrogens (tertiary/aromatic N) is 1. The van der Waals surface area contributed by atoms with Crippen LogP contribution in [-0.4, -0.2) is 23.2 Å². The van der Waals surface area contributed by atoms with Gasteiger partial charge in [0.05, 0.1) is 18.1 Å². The average molecular weight is 292 g/mol. The summed E-state index contributed by atoms with van der Waals surface area (Å²) in [5.74, 6) is 0.939. The van der Waals surface area contributed by atoms with Gasteiger partial charge in [-0.2, -0.15) is 0 Å². The van der Waals surface area contributed by atoms with E-state index in [-0.39, 0.29) is 5.75 Å². The number of hydrogen-bond donors (Lipinski definition) is 2. The molecule has 0 saturated carbocycles. The first-order chi connectivity index (χ1) is 9.65. The van der Waals surface area contributed by atoms with Crippen LogP contribution in [0.25, 0.3) is 10.9 Å². The Bertz CT molecular complexity index is 621. The van der Waals surface area contributed by atoms with Crippen molar-refractivity contribution in [2.24, 2.45) is 5.92 Å². The van der Waals surface area contributed by atoms with E-state index in [4.69, 9.17) is 11.6 Å². The Morgan fingerprint density at radius 3 is 2.90 bits per heavy atom. The maximum atomic E-state index is 10.0. The minimum Gasteiger partial charge on any atom is -0.504 e. The van der Waals surface area contributed by atoms with Gasteiger partial charge >= 0.3 is 0 Å². The minimum absolute atomic E-state index is 0.0910. The number of likely N-dealkylation sites (tertiary alicyclic amines) is 1. The third kappa shape index (κ3) is 2.60. The van der Waals surface area contributed by atoms with E-state index < -0.39 is 0 Å². The number of halogens is 1. The standard InChI is InChI=1S/C16H19ClN2O/c1-11-4-7-19(8-5-11)10-12-9-14(17)16(20)15-13(12)3-2-6-18-15/h2-3,6,9,11,20H,4-5,7-8,10H2,1H3/p+1. The predicted octanol–water partition coefficient (Wildman–Crippen LogP) is 2.41. The number of quaternary nitrogens is 1. The van der Waals surface area contributed by atoms with Gasteiger partial charge in [-0.1, -0.05) is 24.6 Å². The number of benzene rings is 1.